The topological polar surface area (TPSA) is 111 Å². The van der Waals surface area contributed by atoms with Crippen LogP contribution in [0.15, 0.2) is 28.7 Å². The van der Waals surface area contributed by atoms with Crippen molar-refractivity contribution in [1.82, 2.24) is 10.2 Å². The second kappa shape index (κ2) is 5.74. The maximum atomic E-state index is 10.8. The summed E-state index contributed by atoms with van der Waals surface area (Å²) in [5, 5.41) is 20.6. The summed E-state index contributed by atoms with van der Waals surface area (Å²) in [6, 6.07) is 5.99. The summed E-state index contributed by atoms with van der Waals surface area (Å²) in [5.74, 6) is 0.134. The van der Waals surface area contributed by atoms with E-state index in [0.717, 1.165) is 0 Å². The molecule has 2 heterocycles. The van der Waals surface area contributed by atoms with Crippen molar-refractivity contribution in [3.63, 3.8) is 0 Å². The van der Waals surface area contributed by atoms with Crippen molar-refractivity contribution in [3.8, 4) is 0 Å². The Labute approximate surface area is 113 Å². The summed E-state index contributed by atoms with van der Waals surface area (Å²) in [5.41, 5.74) is 0.526. The highest BCUT2D eigenvalue weighted by molar-refractivity contribution is 5.87. The summed E-state index contributed by atoms with van der Waals surface area (Å²) in [4.78, 5) is 20.6. The minimum Gasteiger partial charge on any atom is -0.401 e. The Kier molecular flexibility index (Phi) is 3.85. The number of nitro groups is 1. The monoisotopic (exact) mass is 274 g/mol. The normalized spacial score (nSPS) is 10.7. The summed E-state index contributed by atoms with van der Waals surface area (Å²) < 4.78 is 4.95. The van der Waals surface area contributed by atoms with E-state index in [0.29, 0.717) is 17.3 Å². The lowest BCUT2D eigenvalue weighted by atomic mass is 10.3. The molecule has 1 N–H and O–H groups in total. The van der Waals surface area contributed by atoms with Gasteiger partial charge in [0.15, 0.2) is 5.82 Å². The number of nitrogens with one attached hydrogen (secondary N) is 1. The first-order valence-electron chi connectivity index (χ1n) is 5.58. The van der Waals surface area contributed by atoms with Gasteiger partial charge in [-0.25, -0.2) is 0 Å². The number of carbonyl (C=O) groups excluding carboxylic acids is 1. The molecular weight excluding hydrogens is 264 g/mol. The van der Waals surface area contributed by atoms with Crippen LogP contribution < -0.4 is 5.32 Å². The predicted octanol–water partition coefficient (Wildman–Crippen LogP) is 2.11. The van der Waals surface area contributed by atoms with E-state index in [2.05, 4.69) is 15.5 Å². The highest BCUT2D eigenvalue weighted by Gasteiger charge is 2.09. The zero-order chi connectivity index (χ0) is 14.5. The predicted molar refractivity (Wildman–Crippen MR) is 70.6 cm³/mol. The zero-order valence-electron chi connectivity index (χ0n) is 10.4. The number of nitrogens with zero attached hydrogens (tertiary/aromatic N) is 3. The van der Waals surface area contributed by atoms with Crippen molar-refractivity contribution in [2.24, 2.45) is 0 Å². The second-order valence-electron chi connectivity index (χ2n) is 3.79. The van der Waals surface area contributed by atoms with Crippen LogP contribution in [0.3, 0.4) is 0 Å². The lowest BCUT2D eigenvalue weighted by Gasteiger charge is -1.98. The van der Waals surface area contributed by atoms with Gasteiger partial charge in [-0.2, -0.15) is 0 Å². The number of amides is 1. The van der Waals surface area contributed by atoms with E-state index in [1.165, 1.54) is 25.1 Å². The van der Waals surface area contributed by atoms with Crippen LogP contribution in [-0.4, -0.2) is 21.0 Å². The van der Waals surface area contributed by atoms with Crippen LogP contribution in [0.1, 0.15) is 18.4 Å². The third-order valence-electron chi connectivity index (χ3n) is 2.20. The molecular formula is C12H10N4O4. The molecule has 2 rings (SSSR count). The molecule has 0 aliphatic rings. The minimum atomic E-state index is -0.612. The van der Waals surface area contributed by atoms with Crippen LogP contribution in [0, 0.1) is 10.1 Å². The molecule has 0 unspecified atom stereocenters. The van der Waals surface area contributed by atoms with E-state index >= 15 is 0 Å². The number of carbonyl (C=O) groups is 1. The van der Waals surface area contributed by atoms with Crippen LogP contribution in [0.4, 0.5) is 11.7 Å². The maximum Gasteiger partial charge on any atom is 0.433 e. The quantitative estimate of drug-likeness (QED) is 0.675. The fourth-order valence-corrected chi connectivity index (χ4v) is 1.38. The smallest absolute Gasteiger partial charge is 0.401 e. The number of hydrogen-bond acceptors (Lipinski definition) is 6. The van der Waals surface area contributed by atoms with Gasteiger partial charge in [0, 0.05) is 6.92 Å². The fraction of sp³-hybridized carbons (Fsp3) is 0.0833. The molecule has 0 saturated carbocycles. The first kappa shape index (κ1) is 13.4. The molecule has 8 heteroatoms. The van der Waals surface area contributed by atoms with Gasteiger partial charge in [-0.1, -0.05) is 0 Å². The standard InChI is InChI=1S/C12H10N4O4/c1-8(17)13-11-6-3-9(14-15-11)2-4-10-5-7-12(20-10)16(18)19/h2-7H,1H3,(H,13,15,17)/b4-2+. The Morgan fingerprint density at radius 3 is 2.65 bits per heavy atom. The van der Waals surface area contributed by atoms with Crippen LogP contribution >= 0.6 is 0 Å². The first-order chi connectivity index (χ1) is 9.54. The molecule has 0 aliphatic heterocycles. The molecule has 1 amide bonds. The van der Waals surface area contributed by atoms with Gasteiger partial charge in [0.05, 0.1) is 11.8 Å². The van der Waals surface area contributed by atoms with Crippen LogP contribution in [-0.2, 0) is 4.79 Å². The number of furan rings is 1. The molecule has 0 bridgehead atoms. The van der Waals surface area contributed by atoms with Crippen LogP contribution in [0.25, 0.3) is 12.2 Å². The molecule has 2 aromatic rings. The SMILES string of the molecule is CC(=O)Nc1ccc(/C=C/c2ccc([N+](=O)[O-])o2)nn1. The third-order valence-corrected chi connectivity index (χ3v) is 2.20. The molecule has 0 aliphatic carbocycles. The molecule has 8 nitrogen and oxygen atoms in total. The minimum absolute atomic E-state index is 0.231. The van der Waals surface area contributed by atoms with E-state index < -0.39 is 4.92 Å². The molecule has 0 atom stereocenters. The zero-order valence-corrected chi connectivity index (χ0v) is 10.4. The number of hydrogen-bond donors (Lipinski definition) is 1. The van der Waals surface area contributed by atoms with Gasteiger partial charge in [-0.15, -0.1) is 10.2 Å². The van der Waals surface area contributed by atoms with Gasteiger partial charge in [0.1, 0.15) is 10.7 Å². The van der Waals surface area contributed by atoms with Crippen molar-refractivity contribution >= 4 is 29.8 Å². The van der Waals surface area contributed by atoms with E-state index in [1.54, 1.807) is 18.2 Å². The van der Waals surface area contributed by atoms with Gasteiger partial charge in [-0.05, 0) is 30.4 Å². The molecule has 0 aromatic carbocycles. The van der Waals surface area contributed by atoms with Gasteiger partial charge in [0.25, 0.3) is 0 Å². The Bertz CT molecular complexity index is 660. The average molecular weight is 274 g/mol. The molecule has 102 valence electrons. The highest BCUT2D eigenvalue weighted by atomic mass is 16.6. The lowest BCUT2D eigenvalue weighted by molar-refractivity contribution is -0.402. The highest BCUT2D eigenvalue weighted by Crippen LogP contribution is 2.17. The Hall–Kier alpha value is -3.03. The number of anilines is 1. The molecule has 0 fully saturated rings. The lowest BCUT2D eigenvalue weighted by Crippen LogP contribution is -2.07. The van der Waals surface area contributed by atoms with Crippen molar-refractivity contribution in [2.45, 2.75) is 6.92 Å². The molecule has 0 spiro atoms. The van der Waals surface area contributed by atoms with E-state index in [9.17, 15) is 14.9 Å². The molecule has 20 heavy (non-hydrogen) atoms. The number of rotatable bonds is 4. The van der Waals surface area contributed by atoms with Gasteiger partial charge < -0.3 is 9.73 Å². The molecule has 0 radical (unpaired) electrons. The van der Waals surface area contributed by atoms with Crippen LogP contribution in [0.2, 0.25) is 0 Å². The van der Waals surface area contributed by atoms with Gasteiger partial charge in [-0.3, -0.25) is 14.9 Å². The summed E-state index contributed by atoms with van der Waals surface area (Å²) >= 11 is 0. The van der Waals surface area contributed by atoms with Gasteiger partial charge >= 0.3 is 5.88 Å². The average Bonchev–Trinajstić information content (AvgIpc) is 2.86. The Morgan fingerprint density at radius 2 is 2.10 bits per heavy atom. The van der Waals surface area contributed by atoms with Crippen molar-refractivity contribution in [1.29, 1.82) is 0 Å². The third kappa shape index (κ3) is 3.48. The largest absolute Gasteiger partial charge is 0.433 e. The summed E-state index contributed by atoms with van der Waals surface area (Å²) in [6.07, 6.45) is 3.13. The van der Waals surface area contributed by atoms with E-state index in [1.807, 2.05) is 0 Å². The molecule has 2 aromatic heterocycles. The fourth-order valence-electron chi connectivity index (χ4n) is 1.38. The van der Waals surface area contributed by atoms with Crippen molar-refractivity contribution in [2.75, 3.05) is 5.32 Å². The summed E-state index contributed by atoms with van der Waals surface area (Å²) in [6.45, 7) is 1.37. The van der Waals surface area contributed by atoms with Gasteiger partial charge in [0.2, 0.25) is 5.91 Å². The van der Waals surface area contributed by atoms with Crippen LogP contribution in [0.5, 0.6) is 0 Å². The van der Waals surface area contributed by atoms with E-state index in [4.69, 9.17) is 4.42 Å². The van der Waals surface area contributed by atoms with Crippen molar-refractivity contribution < 1.29 is 14.1 Å². The Balaban J connectivity index is 2.06. The first-order valence-corrected chi connectivity index (χ1v) is 5.58. The van der Waals surface area contributed by atoms with Crippen molar-refractivity contribution in [3.05, 3.63) is 45.8 Å². The second-order valence-corrected chi connectivity index (χ2v) is 3.79. The molecule has 0 saturated heterocycles. The Morgan fingerprint density at radius 1 is 1.30 bits per heavy atom. The summed E-state index contributed by atoms with van der Waals surface area (Å²) in [7, 11) is 0. The number of aromatic nitrogens is 2. The van der Waals surface area contributed by atoms with E-state index in [-0.39, 0.29) is 11.8 Å². The maximum absolute atomic E-state index is 10.8.